The number of carbonyl (C=O) groups is 3. The number of ether oxygens (including phenoxy) is 1. The van der Waals surface area contributed by atoms with Crippen molar-refractivity contribution in [2.75, 3.05) is 19.8 Å². The van der Waals surface area contributed by atoms with Gasteiger partial charge in [0.1, 0.15) is 25.3 Å². The SMILES string of the molecule is [CH2]CCC#CCOCC(=O)N[C@H](C(=O)N1C[C@H](O)C[C@H]1C(=O)NCc1ccc(-c2scnc2C)cc1)C(C)(C)C. The third-order valence-electron chi connectivity index (χ3n) is 6.55. The van der Waals surface area contributed by atoms with Crippen molar-refractivity contribution < 1.29 is 24.2 Å². The first-order valence-corrected chi connectivity index (χ1v) is 14.3. The topological polar surface area (TPSA) is 121 Å². The molecule has 2 heterocycles. The number of nitrogens with one attached hydrogen (secondary N) is 2. The molecule has 0 saturated carbocycles. The standard InChI is InChI=1S/C30H39N4O5S/c1-6-7-8-9-14-39-18-25(36)33-27(30(3,4)5)29(38)34-17-23(35)15-24(34)28(37)31-16-21-10-12-22(13-11-21)26-20(2)32-19-40-26/h10-13,19,23-24,27,35H,1,6-7,14-18H2,2-5H3,(H,31,37)(H,33,36)/t23-,24+,27-/m1/s1. The van der Waals surface area contributed by atoms with Crippen LogP contribution >= 0.6 is 11.3 Å². The normalized spacial score (nSPS) is 17.6. The molecule has 2 aromatic rings. The lowest BCUT2D eigenvalue weighted by molar-refractivity contribution is -0.144. The summed E-state index contributed by atoms with van der Waals surface area (Å²) in [6.07, 6.45) is 0.652. The Morgan fingerprint density at radius 2 is 1.98 bits per heavy atom. The predicted molar refractivity (Wildman–Crippen MR) is 155 cm³/mol. The quantitative estimate of drug-likeness (QED) is 0.300. The second kappa shape index (κ2) is 14.4. The number of amides is 3. The minimum Gasteiger partial charge on any atom is -0.391 e. The van der Waals surface area contributed by atoms with Crippen molar-refractivity contribution in [2.24, 2.45) is 5.41 Å². The van der Waals surface area contributed by atoms with Gasteiger partial charge < -0.3 is 25.4 Å². The predicted octanol–water partition coefficient (Wildman–Crippen LogP) is 2.86. The van der Waals surface area contributed by atoms with E-state index in [9.17, 15) is 19.5 Å². The lowest BCUT2D eigenvalue weighted by Gasteiger charge is -2.35. The van der Waals surface area contributed by atoms with Crippen molar-refractivity contribution in [2.45, 2.75) is 71.7 Å². The van der Waals surface area contributed by atoms with Gasteiger partial charge in [-0.2, -0.15) is 0 Å². The second-order valence-electron chi connectivity index (χ2n) is 10.9. The Morgan fingerprint density at radius 1 is 1.25 bits per heavy atom. The Balaban J connectivity index is 1.61. The highest BCUT2D eigenvalue weighted by molar-refractivity contribution is 7.13. The van der Waals surface area contributed by atoms with Crippen LogP contribution in [0.15, 0.2) is 29.8 Å². The van der Waals surface area contributed by atoms with E-state index in [2.05, 4.69) is 34.4 Å². The number of thiazole rings is 1. The van der Waals surface area contributed by atoms with E-state index in [1.54, 1.807) is 11.3 Å². The van der Waals surface area contributed by atoms with Crippen molar-refractivity contribution in [1.82, 2.24) is 20.5 Å². The number of aliphatic hydroxyl groups excluding tert-OH is 1. The molecule has 1 radical (unpaired) electrons. The number of hydrogen-bond donors (Lipinski definition) is 3. The molecule has 1 aliphatic rings. The number of benzene rings is 1. The first kappa shape index (κ1) is 31.3. The summed E-state index contributed by atoms with van der Waals surface area (Å²) in [4.78, 5) is 46.1. The number of unbranched alkanes of at least 4 members (excludes halogenated alkanes) is 1. The van der Waals surface area contributed by atoms with Crippen LogP contribution in [0.25, 0.3) is 10.4 Å². The maximum atomic E-state index is 13.6. The third-order valence-corrected chi connectivity index (χ3v) is 7.52. The van der Waals surface area contributed by atoms with Crippen LogP contribution in [-0.4, -0.2) is 70.7 Å². The molecular formula is C30H39N4O5S. The van der Waals surface area contributed by atoms with E-state index in [1.807, 2.05) is 57.5 Å². The van der Waals surface area contributed by atoms with Gasteiger partial charge in [0.15, 0.2) is 0 Å². The number of aryl methyl sites for hydroxylation is 1. The zero-order valence-corrected chi connectivity index (χ0v) is 24.5. The third kappa shape index (κ3) is 8.62. The fraction of sp³-hybridized carbons (Fsp3) is 0.500. The molecule has 1 aromatic heterocycles. The highest BCUT2D eigenvalue weighted by Gasteiger charge is 2.44. The van der Waals surface area contributed by atoms with Gasteiger partial charge in [0.25, 0.3) is 0 Å². The summed E-state index contributed by atoms with van der Waals surface area (Å²) in [7, 11) is 0. The maximum Gasteiger partial charge on any atom is 0.246 e. The summed E-state index contributed by atoms with van der Waals surface area (Å²) in [6, 6.07) is 6.12. The smallest absolute Gasteiger partial charge is 0.246 e. The van der Waals surface area contributed by atoms with Gasteiger partial charge in [0.2, 0.25) is 17.7 Å². The van der Waals surface area contributed by atoms with E-state index in [1.165, 1.54) is 4.90 Å². The Morgan fingerprint density at radius 3 is 2.60 bits per heavy atom. The molecule has 3 amide bonds. The summed E-state index contributed by atoms with van der Waals surface area (Å²) < 4.78 is 5.31. The Kier molecular flexibility index (Phi) is 11.3. The van der Waals surface area contributed by atoms with Crippen LogP contribution in [0.5, 0.6) is 0 Å². The molecule has 0 spiro atoms. The van der Waals surface area contributed by atoms with E-state index in [0.29, 0.717) is 12.8 Å². The number of nitrogens with zero attached hydrogens (tertiary/aromatic N) is 2. The molecular weight excluding hydrogens is 528 g/mol. The van der Waals surface area contributed by atoms with Gasteiger partial charge in [-0.05, 0) is 29.9 Å². The van der Waals surface area contributed by atoms with Gasteiger partial charge in [-0.1, -0.05) is 57.9 Å². The number of aliphatic hydroxyl groups is 1. The lowest BCUT2D eigenvalue weighted by Crippen LogP contribution is -2.58. The number of carbonyl (C=O) groups excluding carboxylic acids is 3. The average molecular weight is 568 g/mol. The molecule has 1 saturated heterocycles. The largest absolute Gasteiger partial charge is 0.391 e. The molecule has 0 bridgehead atoms. The molecule has 1 aromatic carbocycles. The Hall–Kier alpha value is -3.26. The first-order chi connectivity index (χ1) is 19.0. The number of β-amino-alcohol motifs (C(OH)–C–C–N with tert-alkyl or cyclic N) is 1. The van der Waals surface area contributed by atoms with Gasteiger partial charge in [0, 0.05) is 25.9 Å². The van der Waals surface area contributed by atoms with E-state index in [0.717, 1.165) is 21.7 Å². The molecule has 3 atom stereocenters. The zero-order chi connectivity index (χ0) is 29.3. The Labute approximate surface area is 240 Å². The molecule has 10 heteroatoms. The molecule has 215 valence electrons. The van der Waals surface area contributed by atoms with E-state index in [-0.39, 0.29) is 38.6 Å². The molecule has 3 rings (SSSR count). The van der Waals surface area contributed by atoms with Crippen molar-refractivity contribution in [1.29, 1.82) is 0 Å². The molecule has 9 nitrogen and oxygen atoms in total. The van der Waals surface area contributed by atoms with Gasteiger partial charge in [-0.3, -0.25) is 14.4 Å². The maximum absolute atomic E-state index is 13.6. The van der Waals surface area contributed by atoms with Crippen LogP contribution in [0.2, 0.25) is 0 Å². The van der Waals surface area contributed by atoms with Crippen LogP contribution in [-0.2, 0) is 25.7 Å². The Bertz CT molecular complexity index is 1230. The zero-order valence-electron chi connectivity index (χ0n) is 23.7. The van der Waals surface area contributed by atoms with Gasteiger partial charge in [-0.15, -0.1) is 17.3 Å². The number of aromatic nitrogens is 1. The van der Waals surface area contributed by atoms with E-state index in [4.69, 9.17) is 4.74 Å². The van der Waals surface area contributed by atoms with Gasteiger partial charge >= 0.3 is 0 Å². The van der Waals surface area contributed by atoms with Gasteiger partial charge in [-0.25, -0.2) is 4.98 Å². The van der Waals surface area contributed by atoms with Crippen molar-refractivity contribution >= 4 is 29.1 Å². The highest BCUT2D eigenvalue weighted by atomic mass is 32.1. The van der Waals surface area contributed by atoms with Crippen molar-refractivity contribution in [3.05, 3.63) is 48.0 Å². The van der Waals surface area contributed by atoms with Crippen LogP contribution in [0.3, 0.4) is 0 Å². The highest BCUT2D eigenvalue weighted by Crippen LogP contribution is 2.28. The molecule has 0 aliphatic carbocycles. The number of hydrogen-bond acceptors (Lipinski definition) is 7. The van der Waals surface area contributed by atoms with Crippen LogP contribution in [0.4, 0.5) is 0 Å². The number of rotatable bonds is 10. The average Bonchev–Trinajstić information content (AvgIpc) is 3.52. The fourth-order valence-electron chi connectivity index (χ4n) is 4.41. The fourth-order valence-corrected chi connectivity index (χ4v) is 5.22. The molecule has 1 aliphatic heterocycles. The summed E-state index contributed by atoms with van der Waals surface area (Å²) in [5.41, 5.74) is 4.12. The van der Waals surface area contributed by atoms with E-state index >= 15 is 0 Å². The second-order valence-corrected chi connectivity index (χ2v) is 11.7. The summed E-state index contributed by atoms with van der Waals surface area (Å²) >= 11 is 1.58. The summed E-state index contributed by atoms with van der Waals surface area (Å²) in [6.45, 7) is 11.3. The van der Waals surface area contributed by atoms with E-state index < -0.39 is 35.4 Å². The van der Waals surface area contributed by atoms with Crippen LogP contribution < -0.4 is 10.6 Å². The molecule has 3 N–H and O–H groups in total. The number of likely N-dealkylation sites (tertiary alicyclic amines) is 1. The molecule has 40 heavy (non-hydrogen) atoms. The molecule has 0 unspecified atom stereocenters. The van der Waals surface area contributed by atoms with Crippen molar-refractivity contribution in [3.8, 4) is 22.3 Å². The van der Waals surface area contributed by atoms with Gasteiger partial charge in [0.05, 0.1) is 22.2 Å². The van der Waals surface area contributed by atoms with Crippen LogP contribution in [0, 0.1) is 31.1 Å². The minimum absolute atomic E-state index is 0.0145. The minimum atomic E-state index is -0.913. The van der Waals surface area contributed by atoms with Crippen LogP contribution in [0.1, 0.15) is 51.3 Å². The summed E-state index contributed by atoms with van der Waals surface area (Å²) in [5.74, 6) is 4.47. The molecule has 1 fully saturated rings. The summed E-state index contributed by atoms with van der Waals surface area (Å²) in [5, 5.41) is 16.0. The monoisotopic (exact) mass is 567 g/mol. The lowest BCUT2D eigenvalue weighted by atomic mass is 9.85. The first-order valence-electron chi connectivity index (χ1n) is 13.4. The van der Waals surface area contributed by atoms with Crippen molar-refractivity contribution in [3.63, 3.8) is 0 Å².